The molecule has 0 aliphatic carbocycles. The van der Waals surface area contributed by atoms with Gasteiger partial charge in [0, 0.05) is 24.4 Å². The van der Waals surface area contributed by atoms with Crippen LogP contribution >= 0.6 is 0 Å². The largest absolute Gasteiger partial charge is 0.426 e. The molecule has 0 saturated carbocycles. The van der Waals surface area contributed by atoms with E-state index in [1.54, 1.807) is 43.6 Å². The van der Waals surface area contributed by atoms with Gasteiger partial charge in [0.15, 0.2) is 0 Å². The Kier molecular flexibility index (Phi) is 5.75. The van der Waals surface area contributed by atoms with Crippen LogP contribution in [0.4, 0.5) is 5.95 Å². The molecule has 6 heteroatoms. The molecule has 3 aromatic rings. The summed E-state index contributed by atoms with van der Waals surface area (Å²) in [4.78, 5) is 20.3. The van der Waals surface area contributed by atoms with Crippen molar-refractivity contribution in [3.63, 3.8) is 0 Å². The molecule has 0 amide bonds. The Bertz CT molecular complexity index is 950. The van der Waals surface area contributed by atoms with E-state index in [0.717, 1.165) is 11.1 Å². The maximum absolute atomic E-state index is 11.8. The predicted octanol–water partition coefficient (Wildman–Crippen LogP) is 3.87. The first-order valence-electron chi connectivity index (χ1n) is 8.54. The molecule has 0 saturated heterocycles. The molecule has 3 rings (SSSR count). The fraction of sp³-hybridized carbons (Fsp3) is 0.143. The number of aromatic nitrogens is 2. The quantitative estimate of drug-likeness (QED) is 0.532. The number of nitriles is 1. The predicted molar refractivity (Wildman–Crippen MR) is 101 cm³/mol. The first-order chi connectivity index (χ1) is 13.2. The number of hydrogen-bond acceptors (Lipinski definition) is 6. The molecule has 0 spiro atoms. The Balaban J connectivity index is 2.04. The summed E-state index contributed by atoms with van der Waals surface area (Å²) in [5, 5.41) is 12.3. The van der Waals surface area contributed by atoms with Gasteiger partial charge in [-0.2, -0.15) is 5.26 Å². The third kappa shape index (κ3) is 4.47. The molecule has 0 fully saturated rings. The monoisotopic (exact) mass is 358 g/mol. The van der Waals surface area contributed by atoms with E-state index in [2.05, 4.69) is 21.4 Å². The van der Waals surface area contributed by atoms with Gasteiger partial charge >= 0.3 is 5.97 Å². The van der Waals surface area contributed by atoms with Crippen molar-refractivity contribution in [2.45, 2.75) is 19.4 Å². The van der Waals surface area contributed by atoms with Crippen LogP contribution in [-0.2, 0) is 4.79 Å². The molecule has 1 heterocycles. The minimum absolute atomic E-state index is 0.283. The van der Waals surface area contributed by atoms with Crippen LogP contribution in [0.25, 0.3) is 0 Å². The average molecular weight is 358 g/mol. The van der Waals surface area contributed by atoms with Gasteiger partial charge in [-0.05, 0) is 29.8 Å². The lowest BCUT2D eigenvalue weighted by molar-refractivity contribution is -0.134. The van der Waals surface area contributed by atoms with E-state index < -0.39 is 0 Å². The van der Waals surface area contributed by atoms with Gasteiger partial charge in [-0.25, -0.2) is 9.97 Å². The molecular weight excluding hydrogens is 340 g/mol. The molecule has 1 unspecified atom stereocenters. The molecule has 134 valence electrons. The van der Waals surface area contributed by atoms with Crippen LogP contribution in [0.1, 0.15) is 36.1 Å². The van der Waals surface area contributed by atoms with Crippen LogP contribution in [0.15, 0.2) is 67.0 Å². The zero-order chi connectivity index (χ0) is 19.1. The van der Waals surface area contributed by atoms with Gasteiger partial charge in [0.05, 0.1) is 17.7 Å². The molecule has 1 N–H and O–H groups in total. The second-order valence-electron chi connectivity index (χ2n) is 5.75. The van der Waals surface area contributed by atoms with Crippen molar-refractivity contribution in [1.82, 2.24) is 9.97 Å². The second-order valence-corrected chi connectivity index (χ2v) is 5.75. The summed E-state index contributed by atoms with van der Waals surface area (Å²) >= 11 is 0. The average Bonchev–Trinajstić information content (AvgIpc) is 2.73. The van der Waals surface area contributed by atoms with Crippen molar-refractivity contribution in [3.8, 4) is 11.8 Å². The van der Waals surface area contributed by atoms with E-state index in [1.165, 1.54) is 0 Å². The van der Waals surface area contributed by atoms with E-state index in [-0.39, 0.29) is 18.4 Å². The van der Waals surface area contributed by atoms with E-state index >= 15 is 0 Å². The summed E-state index contributed by atoms with van der Waals surface area (Å²) in [5.74, 6) is 0.614. The first kappa shape index (κ1) is 18.1. The summed E-state index contributed by atoms with van der Waals surface area (Å²) < 4.78 is 5.51. The van der Waals surface area contributed by atoms with Gasteiger partial charge < -0.3 is 10.1 Å². The fourth-order valence-corrected chi connectivity index (χ4v) is 2.60. The minimum Gasteiger partial charge on any atom is -0.426 e. The lowest BCUT2D eigenvalue weighted by Gasteiger charge is -2.22. The summed E-state index contributed by atoms with van der Waals surface area (Å²) in [6.07, 6.45) is 3.58. The number of nitrogens with one attached hydrogen (secondary N) is 1. The normalized spacial score (nSPS) is 11.3. The van der Waals surface area contributed by atoms with Crippen molar-refractivity contribution in [2.24, 2.45) is 0 Å². The van der Waals surface area contributed by atoms with Crippen LogP contribution in [-0.4, -0.2) is 15.9 Å². The summed E-state index contributed by atoms with van der Waals surface area (Å²) in [6.45, 7) is 1.75. The van der Waals surface area contributed by atoms with Gasteiger partial charge in [-0.3, -0.25) is 4.79 Å². The number of anilines is 1. The lowest BCUT2D eigenvalue weighted by Crippen LogP contribution is -2.17. The highest BCUT2D eigenvalue weighted by Gasteiger charge is 2.20. The highest BCUT2D eigenvalue weighted by Crippen LogP contribution is 2.32. The second kappa shape index (κ2) is 8.59. The summed E-state index contributed by atoms with van der Waals surface area (Å²) in [5.41, 5.74) is 2.23. The molecule has 0 aliphatic rings. The van der Waals surface area contributed by atoms with Crippen molar-refractivity contribution in [1.29, 1.82) is 5.26 Å². The number of para-hydroxylation sites is 1. The molecule has 1 atom stereocenters. The molecule has 1 aromatic heterocycles. The maximum atomic E-state index is 11.8. The van der Waals surface area contributed by atoms with Crippen molar-refractivity contribution in [3.05, 3.63) is 83.7 Å². The van der Waals surface area contributed by atoms with E-state index in [1.807, 2.05) is 30.3 Å². The lowest BCUT2D eigenvalue weighted by atomic mass is 9.97. The minimum atomic E-state index is -0.360. The highest BCUT2D eigenvalue weighted by atomic mass is 16.5. The number of ether oxygens (including phenoxy) is 1. The molecule has 0 bridgehead atoms. The van der Waals surface area contributed by atoms with Crippen LogP contribution in [0, 0.1) is 11.3 Å². The van der Waals surface area contributed by atoms with E-state index in [4.69, 9.17) is 10.00 Å². The van der Waals surface area contributed by atoms with Crippen molar-refractivity contribution >= 4 is 11.9 Å². The zero-order valence-corrected chi connectivity index (χ0v) is 14.8. The van der Waals surface area contributed by atoms with Gasteiger partial charge in [0.25, 0.3) is 0 Å². The fourth-order valence-electron chi connectivity index (χ4n) is 2.60. The van der Waals surface area contributed by atoms with Crippen LogP contribution in [0.5, 0.6) is 5.75 Å². The number of esters is 1. The Hall–Kier alpha value is -3.72. The number of rotatable bonds is 6. The Labute approximate surface area is 157 Å². The Morgan fingerprint density at radius 3 is 2.48 bits per heavy atom. The smallest absolute Gasteiger partial charge is 0.310 e. The highest BCUT2D eigenvalue weighted by molar-refractivity contribution is 5.72. The third-order valence-electron chi connectivity index (χ3n) is 3.95. The van der Waals surface area contributed by atoms with Gasteiger partial charge in [-0.1, -0.05) is 37.3 Å². The third-order valence-corrected chi connectivity index (χ3v) is 3.95. The van der Waals surface area contributed by atoms with Crippen LogP contribution < -0.4 is 10.1 Å². The standard InChI is InChI=1S/C21H18N4O2/c1-2-19(26)27-18-7-4-3-6-17(18)20(25-21-23-12-5-13-24-21)16-10-8-15(14-22)9-11-16/h3-13,20H,2H2,1H3,(H,23,24,25). The molecule has 2 aromatic carbocycles. The summed E-state index contributed by atoms with van der Waals surface area (Å²) in [7, 11) is 0. The van der Waals surface area contributed by atoms with E-state index in [9.17, 15) is 4.79 Å². The molecular formula is C21H18N4O2. The number of nitrogens with zero attached hydrogens (tertiary/aromatic N) is 3. The zero-order valence-electron chi connectivity index (χ0n) is 14.8. The van der Waals surface area contributed by atoms with Gasteiger partial charge in [0.1, 0.15) is 5.75 Å². The Morgan fingerprint density at radius 2 is 1.81 bits per heavy atom. The molecule has 6 nitrogen and oxygen atoms in total. The van der Waals surface area contributed by atoms with Crippen LogP contribution in [0.2, 0.25) is 0 Å². The maximum Gasteiger partial charge on any atom is 0.310 e. The number of carbonyl (C=O) groups is 1. The Morgan fingerprint density at radius 1 is 1.11 bits per heavy atom. The molecule has 0 radical (unpaired) electrons. The topological polar surface area (TPSA) is 87.9 Å². The summed E-state index contributed by atoms with van der Waals surface area (Å²) in [6, 6.07) is 18.0. The van der Waals surface area contributed by atoms with Gasteiger partial charge in [-0.15, -0.1) is 0 Å². The first-order valence-corrected chi connectivity index (χ1v) is 8.54. The number of hydrogen-bond donors (Lipinski definition) is 1. The number of carbonyl (C=O) groups excluding carboxylic acids is 1. The van der Waals surface area contributed by atoms with Gasteiger partial charge in [0.2, 0.25) is 5.95 Å². The SMILES string of the molecule is CCC(=O)Oc1ccccc1C(Nc1ncccn1)c1ccc(C#N)cc1. The molecule has 0 aliphatic heterocycles. The van der Waals surface area contributed by atoms with Crippen molar-refractivity contribution < 1.29 is 9.53 Å². The van der Waals surface area contributed by atoms with E-state index in [0.29, 0.717) is 17.3 Å². The molecule has 27 heavy (non-hydrogen) atoms. The van der Waals surface area contributed by atoms with Crippen LogP contribution in [0.3, 0.4) is 0 Å². The van der Waals surface area contributed by atoms with Crippen molar-refractivity contribution in [2.75, 3.05) is 5.32 Å². The number of benzene rings is 2.